The molecule has 0 aliphatic carbocycles. The first-order valence-corrected chi connectivity index (χ1v) is 9.32. The molecule has 2 rings (SSSR count). The lowest BCUT2D eigenvalue weighted by molar-refractivity contribution is -0.142. The van der Waals surface area contributed by atoms with E-state index in [0.29, 0.717) is 17.2 Å². The van der Waals surface area contributed by atoms with Crippen LogP contribution in [0, 0.1) is 0 Å². The molecule has 29 heavy (non-hydrogen) atoms. The molecule has 0 fully saturated rings. The predicted octanol–water partition coefficient (Wildman–Crippen LogP) is 3.71. The van der Waals surface area contributed by atoms with Crippen molar-refractivity contribution in [3.63, 3.8) is 0 Å². The largest absolute Gasteiger partial charge is 0.452 e. The summed E-state index contributed by atoms with van der Waals surface area (Å²) in [6.45, 7) is 3.84. The zero-order chi connectivity index (χ0) is 21.4. The van der Waals surface area contributed by atoms with Crippen LogP contribution >= 0.6 is 0 Å². The molecule has 2 aromatic carbocycles. The fourth-order valence-electron chi connectivity index (χ4n) is 2.49. The maximum absolute atomic E-state index is 11.9. The van der Waals surface area contributed by atoms with Crippen LogP contribution in [0.3, 0.4) is 0 Å². The van der Waals surface area contributed by atoms with Gasteiger partial charge in [0.1, 0.15) is 0 Å². The number of esters is 1. The lowest BCUT2D eigenvalue weighted by Crippen LogP contribution is -2.22. The average Bonchev–Trinajstić information content (AvgIpc) is 2.71. The van der Waals surface area contributed by atoms with Crippen LogP contribution in [0.5, 0.6) is 0 Å². The zero-order valence-corrected chi connectivity index (χ0v) is 17.1. The Labute approximate surface area is 171 Å². The van der Waals surface area contributed by atoms with Gasteiger partial charge in [-0.05, 0) is 47.4 Å². The molecule has 0 heterocycles. The van der Waals surface area contributed by atoms with Crippen LogP contribution < -0.4 is 5.32 Å². The number of anilines is 1. The van der Waals surface area contributed by atoms with Gasteiger partial charge in [-0.25, -0.2) is 4.79 Å². The maximum atomic E-state index is 11.9. The molecular weight excluding hydrogens is 368 g/mol. The summed E-state index contributed by atoms with van der Waals surface area (Å²) in [5, 5.41) is 2.62. The third kappa shape index (κ3) is 6.92. The van der Waals surface area contributed by atoms with E-state index in [0.717, 1.165) is 5.56 Å². The summed E-state index contributed by atoms with van der Waals surface area (Å²) in [5.74, 6) is -0.733. The summed E-state index contributed by atoms with van der Waals surface area (Å²) in [4.78, 5) is 37.0. The standard InChI is InChI=1S/C23H26N2O4/c1-16(2)18-8-5-17(6-9-18)7-14-22(27)29-15-21(26)24-20-12-10-19(11-13-20)23(28)25(3)4/h5-14,16H,15H2,1-4H3,(H,24,26)/b14-7+. The van der Waals surface area contributed by atoms with Gasteiger partial charge in [0.05, 0.1) is 0 Å². The van der Waals surface area contributed by atoms with Crippen LogP contribution in [0.15, 0.2) is 54.6 Å². The smallest absolute Gasteiger partial charge is 0.331 e. The molecule has 0 saturated heterocycles. The van der Waals surface area contributed by atoms with E-state index in [9.17, 15) is 14.4 Å². The van der Waals surface area contributed by atoms with E-state index < -0.39 is 18.5 Å². The van der Waals surface area contributed by atoms with Crippen LogP contribution in [0.1, 0.15) is 41.3 Å². The Morgan fingerprint density at radius 2 is 1.62 bits per heavy atom. The van der Waals surface area contributed by atoms with Crippen LogP contribution in [0.4, 0.5) is 5.69 Å². The van der Waals surface area contributed by atoms with Crippen molar-refractivity contribution in [2.75, 3.05) is 26.0 Å². The van der Waals surface area contributed by atoms with Crippen LogP contribution in [0.25, 0.3) is 6.08 Å². The Morgan fingerprint density at radius 1 is 1.00 bits per heavy atom. The van der Waals surface area contributed by atoms with Crippen LogP contribution in [0.2, 0.25) is 0 Å². The van der Waals surface area contributed by atoms with E-state index in [4.69, 9.17) is 4.74 Å². The van der Waals surface area contributed by atoms with E-state index in [1.54, 1.807) is 44.4 Å². The van der Waals surface area contributed by atoms with E-state index in [2.05, 4.69) is 19.2 Å². The highest BCUT2D eigenvalue weighted by Gasteiger charge is 2.09. The minimum absolute atomic E-state index is 0.123. The number of hydrogen-bond acceptors (Lipinski definition) is 4. The van der Waals surface area contributed by atoms with Crippen LogP contribution in [-0.2, 0) is 14.3 Å². The van der Waals surface area contributed by atoms with Crippen molar-refractivity contribution in [2.24, 2.45) is 0 Å². The predicted molar refractivity (Wildman–Crippen MR) is 114 cm³/mol. The van der Waals surface area contributed by atoms with Gasteiger partial charge in [0.25, 0.3) is 11.8 Å². The fourth-order valence-corrected chi connectivity index (χ4v) is 2.49. The van der Waals surface area contributed by atoms with Crippen LogP contribution in [-0.4, -0.2) is 43.4 Å². The molecule has 1 N–H and O–H groups in total. The molecule has 0 aromatic heterocycles. The van der Waals surface area contributed by atoms with Gasteiger partial charge in [-0.1, -0.05) is 38.1 Å². The second-order valence-electron chi connectivity index (χ2n) is 7.09. The van der Waals surface area contributed by atoms with Gasteiger partial charge in [0.15, 0.2) is 6.61 Å². The molecule has 0 aliphatic rings. The third-order valence-electron chi connectivity index (χ3n) is 4.18. The van der Waals surface area contributed by atoms with Gasteiger partial charge in [-0.3, -0.25) is 9.59 Å². The first-order chi connectivity index (χ1) is 13.8. The third-order valence-corrected chi connectivity index (χ3v) is 4.18. The fraction of sp³-hybridized carbons (Fsp3) is 0.261. The Balaban J connectivity index is 1.81. The molecule has 0 aliphatic heterocycles. The Hall–Kier alpha value is -3.41. The maximum Gasteiger partial charge on any atom is 0.331 e. The summed E-state index contributed by atoms with van der Waals surface area (Å²) >= 11 is 0. The SMILES string of the molecule is CC(C)c1ccc(/C=C/C(=O)OCC(=O)Nc2ccc(C(=O)N(C)C)cc2)cc1. The molecule has 0 unspecified atom stereocenters. The number of nitrogens with zero attached hydrogens (tertiary/aromatic N) is 1. The number of carbonyl (C=O) groups excluding carboxylic acids is 3. The lowest BCUT2D eigenvalue weighted by atomic mass is 10.0. The van der Waals surface area contributed by atoms with Gasteiger partial charge in [-0.2, -0.15) is 0 Å². The van der Waals surface area contributed by atoms with E-state index in [1.807, 2.05) is 24.3 Å². The number of carbonyl (C=O) groups is 3. The van der Waals surface area contributed by atoms with Gasteiger partial charge in [0, 0.05) is 31.4 Å². The minimum atomic E-state index is -0.597. The normalized spacial score (nSPS) is 10.8. The summed E-state index contributed by atoms with van der Waals surface area (Å²) in [7, 11) is 3.34. The molecule has 6 nitrogen and oxygen atoms in total. The minimum Gasteiger partial charge on any atom is -0.452 e. The molecule has 2 aromatic rings. The lowest BCUT2D eigenvalue weighted by Gasteiger charge is -2.11. The molecule has 0 radical (unpaired) electrons. The van der Waals surface area contributed by atoms with Crippen molar-refractivity contribution in [1.82, 2.24) is 4.90 Å². The van der Waals surface area contributed by atoms with E-state index in [1.165, 1.54) is 16.5 Å². The quantitative estimate of drug-likeness (QED) is 0.574. The molecule has 0 bridgehead atoms. The van der Waals surface area contributed by atoms with Gasteiger partial charge in [-0.15, -0.1) is 0 Å². The number of ether oxygens (including phenoxy) is 1. The van der Waals surface area contributed by atoms with E-state index in [-0.39, 0.29) is 5.91 Å². The Morgan fingerprint density at radius 3 is 2.17 bits per heavy atom. The summed E-state index contributed by atoms with van der Waals surface area (Å²) in [6.07, 6.45) is 2.93. The summed E-state index contributed by atoms with van der Waals surface area (Å²) in [6, 6.07) is 14.4. The molecule has 0 saturated carbocycles. The number of hydrogen-bond donors (Lipinski definition) is 1. The highest BCUT2D eigenvalue weighted by Crippen LogP contribution is 2.15. The van der Waals surface area contributed by atoms with Crippen molar-refractivity contribution in [2.45, 2.75) is 19.8 Å². The van der Waals surface area contributed by atoms with Crippen molar-refractivity contribution in [1.29, 1.82) is 0 Å². The zero-order valence-electron chi connectivity index (χ0n) is 17.1. The monoisotopic (exact) mass is 394 g/mol. The first-order valence-electron chi connectivity index (χ1n) is 9.32. The number of nitrogens with one attached hydrogen (secondary N) is 1. The van der Waals surface area contributed by atoms with Crippen molar-refractivity contribution in [3.05, 3.63) is 71.3 Å². The first kappa shape index (κ1) is 21.9. The average molecular weight is 394 g/mol. The Bertz CT molecular complexity index is 882. The molecule has 0 spiro atoms. The van der Waals surface area contributed by atoms with Crippen molar-refractivity contribution >= 4 is 29.5 Å². The molecular formula is C23H26N2O4. The van der Waals surface area contributed by atoms with Gasteiger partial charge >= 0.3 is 5.97 Å². The van der Waals surface area contributed by atoms with Crippen molar-refractivity contribution < 1.29 is 19.1 Å². The van der Waals surface area contributed by atoms with Crippen molar-refractivity contribution in [3.8, 4) is 0 Å². The van der Waals surface area contributed by atoms with Gasteiger partial charge in [0.2, 0.25) is 0 Å². The second-order valence-corrected chi connectivity index (χ2v) is 7.09. The topological polar surface area (TPSA) is 75.7 Å². The summed E-state index contributed by atoms with van der Waals surface area (Å²) in [5.41, 5.74) is 3.14. The highest BCUT2D eigenvalue weighted by atomic mass is 16.5. The molecule has 152 valence electrons. The number of benzene rings is 2. The number of amides is 2. The van der Waals surface area contributed by atoms with E-state index >= 15 is 0 Å². The highest BCUT2D eigenvalue weighted by molar-refractivity contribution is 5.96. The summed E-state index contributed by atoms with van der Waals surface area (Å²) < 4.78 is 4.95. The second kappa shape index (κ2) is 10.2. The number of rotatable bonds is 7. The Kier molecular flexibility index (Phi) is 7.71. The molecule has 6 heteroatoms. The molecule has 0 atom stereocenters. The molecule has 2 amide bonds. The van der Waals surface area contributed by atoms with Gasteiger partial charge < -0.3 is 15.0 Å².